The molecular weight excluding hydrogens is 320 g/mol. The number of rotatable bonds is 5. The van der Waals surface area contributed by atoms with E-state index in [1.54, 1.807) is 18.7 Å². The van der Waals surface area contributed by atoms with Crippen molar-refractivity contribution >= 4 is 17.7 Å². The number of nitrogens with zero attached hydrogens (tertiary/aromatic N) is 4. The van der Waals surface area contributed by atoms with Crippen LogP contribution in [0.5, 0.6) is 0 Å². The molecule has 2 aromatic rings. The van der Waals surface area contributed by atoms with Crippen LogP contribution in [0, 0.1) is 0 Å². The maximum atomic E-state index is 12.1. The number of anilines is 2. The lowest BCUT2D eigenvalue weighted by atomic mass is 10.1. The molecule has 0 aromatic carbocycles. The van der Waals surface area contributed by atoms with E-state index in [0.29, 0.717) is 6.54 Å². The molecule has 2 N–H and O–H groups in total. The third kappa shape index (κ3) is 4.62. The molecule has 1 saturated heterocycles. The number of nitrogens with one attached hydrogen (secondary N) is 2. The van der Waals surface area contributed by atoms with Gasteiger partial charge < -0.3 is 24.9 Å². The van der Waals surface area contributed by atoms with Crippen LogP contribution in [0.1, 0.15) is 18.6 Å². The van der Waals surface area contributed by atoms with Crippen molar-refractivity contribution in [2.24, 2.45) is 0 Å². The van der Waals surface area contributed by atoms with E-state index in [2.05, 4.69) is 25.5 Å². The summed E-state index contributed by atoms with van der Waals surface area (Å²) in [6, 6.07) is 5.51. The van der Waals surface area contributed by atoms with Crippen LogP contribution in [0.3, 0.4) is 0 Å². The number of furan rings is 1. The number of aromatic nitrogens is 2. The second-order valence-electron chi connectivity index (χ2n) is 6.32. The maximum absolute atomic E-state index is 12.1. The minimum atomic E-state index is -0.181. The van der Waals surface area contributed by atoms with Crippen molar-refractivity contribution in [3.8, 4) is 0 Å². The summed E-state index contributed by atoms with van der Waals surface area (Å²) in [6.07, 6.45) is 5.14. The Hall–Kier alpha value is -2.77. The van der Waals surface area contributed by atoms with Gasteiger partial charge >= 0.3 is 6.03 Å². The van der Waals surface area contributed by atoms with Gasteiger partial charge in [-0.3, -0.25) is 0 Å². The zero-order valence-electron chi connectivity index (χ0n) is 14.6. The quantitative estimate of drug-likeness (QED) is 0.857. The van der Waals surface area contributed by atoms with Gasteiger partial charge in [-0.2, -0.15) is 0 Å². The Kier molecular flexibility index (Phi) is 5.37. The van der Waals surface area contributed by atoms with Gasteiger partial charge in [-0.05, 0) is 25.0 Å². The number of urea groups is 1. The number of piperidine rings is 1. The Balaban J connectivity index is 1.54. The molecule has 1 aliphatic rings. The minimum absolute atomic E-state index is 0.0862. The Labute approximate surface area is 147 Å². The highest BCUT2D eigenvalue weighted by Crippen LogP contribution is 2.20. The summed E-state index contributed by atoms with van der Waals surface area (Å²) in [4.78, 5) is 24.8. The molecule has 2 amide bonds. The van der Waals surface area contributed by atoms with Crippen LogP contribution < -0.4 is 20.4 Å². The van der Waals surface area contributed by atoms with Gasteiger partial charge in [-0.25, -0.2) is 14.8 Å². The molecule has 3 rings (SSSR count). The van der Waals surface area contributed by atoms with E-state index in [1.165, 1.54) is 0 Å². The summed E-state index contributed by atoms with van der Waals surface area (Å²) >= 11 is 0. The van der Waals surface area contributed by atoms with E-state index in [4.69, 9.17) is 4.42 Å². The van der Waals surface area contributed by atoms with Crippen molar-refractivity contribution in [2.45, 2.75) is 25.4 Å². The summed E-state index contributed by atoms with van der Waals surface area (Å²) in [5.74, 6) is 2.50. The van der Waals surface area contributed by atoms with E-state index in [9.17, 15) is 4.79 Å². The first-order valence-corrected chi connectivity index (χ1v) is 8.43. The highest BCUT2D eigenvalue weighted by Gasteiger charge is 2.22. The van der Waals surface area contributed by atoms with Gasteiger partial charge in [-0.15, -0.1) is 0 Å². The van der Waals surface area contributed by atoms with E-state index in [1.807, 2.05) is 31.1 Å². The number of amides is 2. The molecule has 8 nitrogen and oxygen atoms in total. The van der Waals surface area contributed by atoms with Crippen LogP contribution in [-0.2, 0) is 6.54 Å². The Morgan fingerprint density at radius 1 is 1.44 bits per heavy atom. The van der Waals surface area contributed by atoms with Gasteiger partial charge in [0, 0.05) is 39.3 Å². The molecular formula is C17H24N6O2. The standard InChI is InChI=1S/C17H24N6O2/c1-22(2)15-9-16(20-12-19-15)23-7-3-5-13(11-23)21-17(24)18-10-14-6-4-8-25-14/h4,6,8-9,12-13H,3,5,7,10-11H2,1-2H3,(H2,18,21,24)/t13-/m0/s1. The van der Waals surface area contributed by atoms with Crippen molar-refractivity contribution in [1.29, 1.82) is 0 Å². The van der Waals surface area contributed by atoms with E-state index in [-0.39, 0.29) is 12.1 Å². The highest BCUT2D eigenvalue weighted by atomic mass is 16.3. The first kappa shape index (κ1) is 17.1. The lowest BCUT2D eigenvalue weighted by Crippen LogP contribution is -2.50. The van der Waals surface area contributed by atoms with E-state index >= 15 is 0 Å². The van der Waals surface area contributed by atoms with Crippen LogP contribution >= 0.6 is 0 Å². The van der Waals surface area contributed by atoms with Crippen LogP contribution in [-0.4, -0.2) is 49.2 Å². The monoisotopic (exact) mass is 344 g/mol. The molecule has 8 heteroatoms. The van der Waals surface area contributed by atoms with Crippen molar-refractivity contribution < 1.29 is 9.21 Å². The molecule has 1 fully saturated rings. The molecule has 0 bridgehead atoms. The van der Waals surface area contributed by atoms with Crippen molar-refractivity contribution in [2.75, 3.05) is 37.0 Å². The lowest BCUT2D eigenvalue weighted by Gasteiger charge is -2.34. The fourth-order valence-electron chi connectivity index (χ4n) is 2.87. The van der Waals surface area contributed by atoms with Crippen LogP contribution in [0.25, 0.3) is 0 Å². The third-order valence-electron chi connectivity index (χ3n) is 4.18. The summed E-state index contributed by atoms with van der Waals surface area (Å²) in [6.45, 7) is 2.04. The van der Waals surface area contributed by atoms with Crippen molar-refractivity contribution in [3.63, 3.8) is 0 Å². The Morgan fingerprint density at radius 3 is 3.08 bits per heavy atom. The third-order valence-corrected chi connectivity index (χ3v) is 4.18. The van der Waals surface area contributed by atoms with Crippen LogP contribution in [0.4, 0.5) is 16.4 Å². The average molecular weight is 344 g/mol. The summed E-state index contributed by atoms with van der Waals surface area (Å²) < 4.78 is 5.21. The largest absolute Gasteiger partial charge is 0.467 e. The minimum Gasteiger partial charge on any atom is -0.467 e. The fraction of sp³-hybridized carbons (Fsp3) is 0.471. The average Bonchev–Trinajstić information content (AvgIpc) is 3.14. The molecule has 0 aliphatic carbocycles. The molecule has 0 unspecified atom stereocenters. The van der Waals surface area contributed by atoms with Crippen molar-refractivity contribution in [1.82, 2.24) is 20.6 Å². The number of hydrogen-bond acceptors (Lipinski definition) is 6. The predicted molar refractivity (Wildman–Crippen MR) is 95.7 cm³/mol. The molecule has 2 aromatic heterocycles. The summed E-state index contributed by atoms with van der Waals surface area (Å²) in [5, 5.41) is 5.85. The predicted octanol–water partition coefficient (Wildman–Crippen LogP) is 1.60. The first-order valence-electron chi connectivity index (χ1n) is 8.43. The van der Waals surface area contributed by atoms with Crippen LogP contribution in [0.2, 0.25) is 0 Å². The molecule has 134 valence electrons. The lowest BCUT2D eigenvalue weighted by molar-refractivity contribution is 0.233. The zero-order chi connectivity index (χ0) is 17.6. The van der Waals surface area contributed by atoms with E-state index in [0.717, 1.165) is 43.3 Å². The molecule has 0 saturated carbocycles. The first-order chi connectivity index (χ1) is 12.1. The number of hydrogen-bond donors (Lipinski definition) is 2. The second kappa shape index (κ2) is 7.87. The van der Waals surface area contributed by atoms with Gasteiger partial charge in [-0.1, -0.05) is 0 Å². The van der Waals surface area contributed by atoms with Gasteiger partial charge in [0.1, 0.15) is 23.7 Å². The molecule has 1 atom stereocenters. The van der Waals surface area contributed by atoms with Gasteiger partial charge in [0.15, 0.2) is 0 Å². The second-order valence-corrected chi connectivity index (χ2v) is 6.32. The van der Waals surface area contributed by atoms with Crippen LogP contribution in [0.15, 0.2) is 35.2 Å². The molecule has 0 spiro atoms. The molecule has 3 heterocycles. The normalized spacial score (nSPS) is 17.2. The zero-order valence-corrected chi connectivity index (χ0v) is 14.6. The molecule has 1 aliphatic heterocycles. The smallest absolute Gasteiger partial charge is 0.315 e. The Morgan fingerprint density at radius 2 is 2.32 bits per heavy atom. The highest BCUT2D eigenvalue weighted by molar-refractivity contribution is 5.74. The van der Waals surface area contributed by atoms with Gasteiger partial charge in [0.25, 0.3) is 0 Å². The number of carbonyl (C=O) groups excluding carboxylic acids is 1. The van der Waals surface area contributed by atoms with Crippen molar-refractivity contribution in [3.05, 3.63) is 36.5 Å². The summed E-state index contributed by atoms with van der Waals surface area (Å²) in [5.41, 5.74) is 0. The molecule has 0 radical (unpaired) electrons. The number of carbonyl (C=O) groups is 1. The van der Waals surface area contributed by atoms with Gasteiger partial charge in [0.05, 0.1) is 12.8 Å². The SMILES string of the molecule is CN(C)c1cc(N2CCC[C@H](NC(=O)NCc3ccco3)C2)ncn1. The molecule has 25 heavy (non-hydrogen) atoms. The maximum Gasteiger partial charge on any atom is 0.315 e. The Bertz CT molecular complexity index is 688. The van der Waals surface area contributed by atoms with Gasteiger partial charge in [0.2, 0.25) is 0 Å². The van der Waals surface area contributed by atoms with E-state index < -0.39 is 0 Å². The summed E-state index contributed by atoms with van der Waals surface area (Å²) in [7, 11) is 3.91. The fourth-order valence-corrected chi connectivity index (χ4v) is 2.87. The topological polar surface area (TPSA) is 86.5 Å².